The lowest BCUT2D eigenvalue weighted by Gasteiger charge is -2.12. The number of hydrogen-bond donors (Lipinski definition) is 1. The van der Waals surface area contributed by atoms with E-state index in [4.69, 9.17) is 4.74 Å². The van der Waals surface area contributed by atoms with Crippen LogP contribution in [0, 0.1) is 0 Å². The fourth-order valence-electron chi connectivity index (χ4n) is 1.70. The van der Waals surface area contributed by atoms with Crippen molar-refractivity contribution in [3.63, 3.8) is 0 Å². The second kappa shape index (κ2) is 8.32. The third kappa shape index (κ3) is 6.06. The van der Waals surface area contributed by atoms with E-state index < -0.39 is 12.1 Å². The molecule has 1 atom stereocenters. The second-order valence-electron chi connectivity index (χ2n) is 4.22. The molecule has 1 aromatic carbocycles. The fourth-order valence-corrected chi connectivity index (χ4v) is 1.70. The maximum Gasteiger partial charge on any atom is 0.333 e. The van der Waals surface area contributed by atoms with Crippen molar-refractivity contribution in [1.29, 1.82) is 0 Å². The Morgan fingerprint density at radius 3 is 2.53 bits per heavy atom. The summed E-state index contributed by atoms with van der Waals surface area (Å²) in [5.41, 5.74) is 1.18. The zero-order chi connectivity index (χ0) is 14.1. The van der Waals surface area contributed by atoms with Crippen molar-refractivity contribution in [3.05, 3.63) is 47.7 Å². The highest BCUT2D eigenvalue weighted by Gasteiger charge is 2.10. The highest BCUT2D eigenvalue weighted by molar-refractivity contribution is 5.82. The standard InChI is InChI=1S/C15H20O4/c1-18-14(11-15(17)19-2)10-13(16)9-8-12-6-4-3-5-7-12/h3-7,11,13,16H,8-10H2,1-2H3/b14-11-. The number of carbonyl (C=O) groups excluding carboxylic acids is 1. The molecule has 1 aromatic rings. The van der Waals surface area contributed by atoms with Gasteiger partial charge in [-0.25, -0.2) is 4.79 Å². The van der Waals surface area contributed by atoms with Crippen LogP contribution in [0.3, 0.4) is 0 Å². The van der Waals surface area contributed by atoms with Gasteiger partial charge in [-0.05, 0) is 18.4 Å². The maximum absolute atomic E-state index is 11.1. The van der Waals surface area contributed by atoms with Gasteiger partial charge in [0.15, 0.2) is 0 Å². The molecule has 104 valence electrons. The molecule has 0 amide bonds. The van der Waals surface area contributed by atoms with E-state index in [0.717, 1.165) is 6.42 Å². The number of benzene rings is 1. The Labute approximate surface area is 113 Å². The summed E-state index contributed by atoms with van der Waals surface area (Å²) < 4.78 is 9.56. The first-order chi connectivity index (χ1) is 9.15. The van der Waals surface area contributed by atoms with Crippen LogP contribution < -0.4 is 0 Å². The molecule has 0 saturated carbocycles. The van der Waals surface area contributed by atoms with Crippen LogP contribution in [-0.4, -0.2) is 31.4 Å². The van der Waals surface area contributed by atoms with Crippen LogP contribution in [0.25, 0.3) is 0 Å². The molecule has 0 aliphatic heterocycles. The van der Waals surface area contributed by atoms with Gasteiger partial charge in [-0.2, -0.15) is 0 Å². The van der Waals surface area contributed by atoms with Gasteiger partial charge >= 0.3 is 5.97 Å². The zero-order valence-electron chi connectivity index (χ0n) is 11.3. The maximum atomic E-state index is 11.1. The predicted octanol–water partition coefficient (Wildman–Crippen LogP) is 2.07. The van der Waals surface area contributed by atoms with Crippen molar-refractivity contribution in [2.24, 2.45) is 0 Å². The first-order valence-electron chi connectivity index (χ1n) is 6.20. The number of hydrogen-bond acceptors (Lipinski definition) is 4. The van der Waals surface area contributed by atoms with Gasteiger partial charge in [0, 0.05) is 6.42 Å². The van der Waals surface area contributed by atoms with E-state index in [9.17, 15) is 9.90 Å². The Morgan fingerprint density at radius 1 is 1.26 bits per heavy atom. The highest BCUT2D eigenvalue weighted by atomic mass is 16.5. The number of aryl methyl sites for hydroxylation is 1. The summed E-state index contributed by atoms with van der Waals surface area (Å²) in [5.74, 6) is -0.0560. The summed E-state index contributed by atoms with van der Waals surface area (Å²) in [4.78, 5) is 11.1. The van der Waals surface area contributed by atoms with Gasteiger partial charge in [0.05, 0.1) is 26.4 Å². The number of aliphatic hydroxyl groups is 1. The van der Waals surface area contributed by atoms with E-state index in [1.807, 2.05) is 30.3 Å². The van der Waals surface area contributed by atoms with Gasteiger partial charge in [0.2, 0.25) is 0 Å². The molecule has 4 nitrogen and oxygen atoms in total. The Bertz CT molecular complexity index is 411. The quantitative estimate of drug-likeness (QED) is 0.465. The molecular formula is C15H20O4. The van der Waals surface area contributed by atoms with Crippen molar-refractivity contribution in [1.82, 2.24) is 0 Å². The minimum absolute atomic E-state index is 0.304. The first kappa shape index (κ1) is 15.2. The molecule has 0 heterocycles. The van der Waals surface area contributed by atoms with Gasteiger partial charge < -0.3 is 14.6 Å². The smallest absolute Gasteiger partial charge is 0.333 e. The summed E-state index contributed by atoms with van der Waals surface area (Å²) in [6.07, 6.45) is 2.42. The molecular weight excluding hydrogens is 244 g/mol. The van der Waals surface area contributed by atoms with Crippen LogP contribution >= 0.6 is 0 Å². The minimum Gasteiger partial charge on any atom is -0.501 e. The Kier molecular flexibility index (Phi) is 6.68. The van der Waals surface area contributed by atoms with E-state index in [1.54, 1.807) is 0 Å². The van der Waals surface area contributed by atoms with E-state index >= 15 is 0 Å². The van der Waals surface area contributed by atoms with Gasteiger partial charge in [0.25, 0.3) is 0 Å². The SMILES string of the molecule is COC(=O)/C=C(/CC(O)CCc1ccccc1)OC. The Balaban J connectivity index is 2.43. The molecule has 0 spiro atoms. The molecule has 0 fully saturated rings. The molecule has 19 heavy (non-hydrogen) atoms. The lowest BCUT2D eigenvalue weighted by Crippen LogP contribution is -2.11. The number of aliphatic hydroxyl groups excluding tert-OH is 1. The Morgan fingerprint density at radius 2 is 1.95 bits per heavy atom. The van der Waals surface area contributed by atoms with Crippen molar-refractivity contribution >= 4 is 5.97 Å². The second-order valence-corrected chi connectivity index (χ2v) is 4.22. The van der Waals surface area contributed by atoms with Gasteiger partial charge in [0.1, 0.15) is 5.76 Å². The van der Waals surface area contributed by atoms with E-state index in [0.29, 0.717) is 18.6 Å². The zero-order valence-corrected chi connectivity index (χ0v) is 11.3. The Hall–Kier alpha value is -1.81. The van der Waals surface area contributed by atoms with E-state index in [1.165, 1.54) is 25.9 Å². The number of carbonyl (C=O) groups is 1. The number of methoxy groups -OCH3 is 2. The molecule has 1 rings (SSSR count). The number of rotatable bonds is 7. The van der Waals surface area contributed by atoms with Gasteiger partial charge in [-0.15, -0.1) is 0 Å². The van der Waals surface area contributed by atoms with Crippen molar-refractivity contribution in [3.8, 4) is 0 Å². The summed E-state index contributed by atoms with van der Waals surface area (Å²) in [6.45, 7) is 0. The van der Waals surface area contributed by atoms with Crippen LogP contribution in [-0.2, 0) is 20.7 Å². The van der Waals surface area contributed by atoms with Crippen LogP contribution in [0.4, 0.5) is 0 Å². The molecule has 0 saturated heterocycles. The number of ether oxygens (including phenoxy) is 2. The summed E-state index contributed by atoms with van der Waals surface area (Å²) in [5, 5.41) is 9.92. The molecule has 0 radical (unpaired) electrons. The number of esters is 1. The predicted molar refractivity (Wildman–Crippen MR) is 72.5 cm³/mol. The van der Waals surface area contributed by atoms with E-state index in [-0.39, 0.29) is 0 Å². The molecule has 4 heteroatoms. The van der Waals surface area contributed by atoms with Crippen LogP contribution in [0.1, 0.15) is 18.4 Å². The van der Waals surface area contributed by atoms with E-state index in [2.05, 4.69) is 4.74 Å². The fraction of sp³-hybridized carbons (Fsp3) is 0.400. The van der Waals surface area contributed by atoms with Crippen molar-refractivity contribution in [2.75, 3.05) is 14.2 Å². The largest absolute Gasteiger partial charge is 0.501 e. The summed E-state index contributed by atoms with van der Waals surface area (Å²) in [7, 11) is 2.77. The molecule has 1 unspecified atom stereocenters. The average Bonchev–Trinajstić information content (AvgIpc) is 2.45. The molecule has 0 aliphatic rings. The third-order valence-electron chi connectivity index (χ3n) is 2.79. The molecule has 0 aliphatic carbocycles. The average molecular weight is 264 g/mol. The van der Waals surface area contributed by atoms with Gasteiger partial charge in [-0.1, -0.05) is 30.3 Å². The topological polar surface area (TPSA) is 55.8 Å². The first-order valence-corrected chi connectivity index (χ1v) is 6.20. The molecule has 0 aromatic heterocycles. The van der Waals surface area contributed by atoms with Crippen LogP contribution in [0.15, 0.2) is 42.2 Å². The highest BCUT2D eigenvalue weighted by Crippen LogP contribution is 2.12. The third-order valence-corrected chi connectivity index (χ3v) is 2.79. The summed E-state index contributed by atoms with van der Waals surface area (Å²) in [6, 6.07) is 9.95. The monoisotopic (exact) mass is 264 g/mol. The van der Waals surface area contributed by atoms with Crippen molar-refractivity contribution < 1.29 is 19.4 Å². The van der Waals surface area contributed by atoms with Crippen LogP contribution in [0.5, 0.6) is 0 Å². The van der Waals surface area contributed by atoms with Gasteiger partial charge in [-0.3, -0.25) is 0 Å². The lowest BCUT2D eigenvalue weighted by atomic mass is 10.0. The van der Waals surface area contributed by atoms with Crippen molar-refractivity contribution in [2.45, 2.75) is 25.4 Å². The minimum atomic E-state index is -0.545. The summed E-state index contributed by atoms with van der Waals surface area (Å²) >= 11 is 0. The molecule has 1 N–H and O–H groups in total. The normalized spacial score (nSPS) is 12.9. The molecule has 0 bridgehead atoms. The van der Waals surface area contributed by atoms with Crippen LogP contribution in [0.2, 0.25) is 0 Å². The lowest BCUT2D eigenvalue weighted by molar-refractivity contribution is -0.135.